The van der Waals surface area contributed by atoms with Crippen LogP contribution in [0, 0.1) is 0 Å². The average Bonchev–Trinajstić information content (AvgIpc) is 3.18. The van der Waals surface area contributed by atoms with E-state index in [-0.39, 0.29) is 6.61 Å². The lowest BCUT2D eigenvalue weighted by molar-refractivity contribution is 0.270. The summed E-state index contributed by atoms with van der Waals surface area (Å²) in [6.45, 7) is 2.88. The Morgan fingerprint density at radius 1 is 1.40 bits per heavy atom. The van der Waals surface area contributed by atoms with Crippen molar-refractivity contribution in [2.24, 2.45) is 0 Å². The summed E-state index contributed by atoms with van der Waals surface area (Å²) in [5.41, 5.74) is 1.93. The van der Waals surface area contributed by atoms with Crippen LogP contribution in [0.1, 0.15) is 37.9 Å². The minimum Gasteiger partial charge on any atom is -0.390 e. The van der Waals surface area contributed by atoms with E-state index in [0.717, 1.165) is 19.3 Å². The molecule has 1 aromatic rings. The van der Waals surface area contributed by atoms with E-state index in [2.05, 4.69) is 0 Å². The molecule has 0 atom stereocenters. The van der Waals surface area contributed by atoms with Gasteiger partial charge in [-0.25, -0.2) is 8.42 Å². The first-order valence-electron chi connectivity index (χ1n) is 7.00. The fraction of sp³-hybridized carbons (Fsp3) is 0.571. The van der Waals surface area contributed by atoms with Gasteiger partial charge in [-0.2, -0.15) is 4.31 Å². The molecule has 6 heteroatoms. The first-order valence-corrected chi connectivity index (χ1v) is 8.44. The number of aliphatic hydroxyl groups excluding tert-OH is 1. The lowest BCUT2D eigenvalue weighted by atomic mass is 10.1. The van der Waals surface area contributed by atoms with Crippen molar-refractivity contribution in [3.63, 3.8) is 0 Å². The van der Waals surface area contributed by atoms with Crippen LogP contribution in [0.4, 0.5) is 0 Å². The van der Waals surface area contributed by atoms with E-state index < -0.39 is 10.0 Å². The number of aliphatic hydroxyl groups is 1. The number of hydrogen-bond acceptors (Lipinski definition) is 3. The van der Waals surface area contributed by atoms with Crippen molar-refractivity contribution in [1.29, 1.82) is 0 Å². The molecule has 0 spiro atoms. The molecule has 2 aliphatic rings. The second-order valence-corrected chi connectivity index (χ2v) is 7.57. The van der Waals surface area contributed by atoms with Crippen LogP contribution in [-0.4, -0.2) is 35.5 Å². The Morgan fingerprint density at radius 2 is 2.15 bits per heavy atom. The molecule has 1 aliphatic heterocycles. The predicted octanol–water partition coefficient (Wildman–Crippen LogP) is 1.66. The Balaban J connectivity index is 1.91. The zero-order chi connectivity index (χ0) is 14.3. The molecule has 0 amide bonds. The van der Waals surface area contributed by atoms with Gasteiger partial charge in [-0.05, 0) is 32.3 Å². The molecule has 1 N–H and O–H groups in total. The van der Waals surface area contributed by atoms with Gasteiger partial charge in [0.15, 0.2) is 0 Å². The van der Waals surface area contributed by atoms with Gasteiger partial charge in [0, 0.05) is 31.0 Å². The highest BCUT2D eigenvalue weighted by atomic mass is 32.2. The first-order chi connectivity index (χ1) is 9.52. The second-order valence-electron chi connectivity index (χ2n) is 5.63. The summed E-state index contributed by atoms with van der Waals surface area (Å²) >= 11 is 0. The van der Waals surface area contributed by atoms with Gasteiger partial charge in [0.25, 0.3) is 0 Å². The van der Waals surface area contributed by atoms with E-state index >= 15 is 0 Å². The molecule has 0 aromatic carbocycles. The average molecular weight is 296 g/mol. The maximum atomic E-state index is 12.6. The van der Waals surface area contributed by atoms with Crippen molar-refractivity contribution < 1.29 is 13.5 Å². The summed E-state index contributed by atoms with van der Waals surface area (Å²) in [6.07, 6.45) is 6.56. The van der Waals surface area contributed by atoms with E-state index in [4.69, 9.17) is 0 Å². The van der Waals surface area contributed by atoms with Crippen molar-refractivity contribution in [1.82, 2.24) is 8.87 Å². The Kier molecular flexibility index (Phi) is 3.48. The van der Waals surface area contributed by atoms with Crippen molar-refractivity contribution >= 4 is 10.0 Å². The molecule has 1 saturated carbocycles. The second kappa shape index (κ2) is 5.02. The summed E-state index contributed by atoms with van der Waals surface area (Å²) in [6, 6.07) is 1.98. The normalized spacial score (nSPS) is 21.0. The topological polar surface area (TPSA) is 62.5 Å². The molecule has 1 aliphatic carbocycles. The lowest BCUT2D eigenvalue weighted by Crippen LogP contribution is -2.34. The number of nitrogens with zero attached hydrogens (tertiary/aromatic N) is 2. The maximum absolute atomic E-state index is 12.6. The Morgan fingerprint density at radius 3 is 2.70 bits per heavy atom. The molecular weight excluding hydrogens is 276 g/mol. The molecule has 0 radical (unpaired) electrons. The Bertz CT molecular complexity index is 641. The van der Waals surface area contributed by atoms with Gasteiger partial charge in [0.05, 0.1) is 6.61 Å². The van der Waals surface area contributed by atoms with Crippen LogP contribution >= 0.6 is 0 Å². The standard InChI is InChI=1S/C14H20N2O3S/c1-11-4-6-15(7-5-11)20(18,19)14-8-13(10-17)16(9-14)12-2-3-12/h4,8-9,12,17H,2-3,5-7,10H2,1H3. The van der Waals surface area contributed by atoms with Crippen LogP contribution in [0.2, 0.25) is 0 Å². The third kappa shape index (κ3) is 2.43. The van der Waals surface area contributed by atoms with Gasteiger partial charge in [-0.1, -0.05) is 11.6 Å². The minimum absolute atomic E-state index is 0.120. The largest absolute Gasteiger partial charge is 0.390 e. The SMILES string of the molecule is CC1=CCN(S(=O)(=O)c2cc(CO)n(C3CC3)c2)CC1. The summed E-state index contributed by atoms with van der Waals surface area (Å²) in [5, 5.41) is 9.38. The highest BCUT2D eigenvalue weighted by Crippen LogP contribution is 2.37. The van der Waals surface area contributed by atoms with E-state index in [1.165, 1.54) is 9.88 Å². The molecule has 0 saturated heterocycles. The van der Waals surface area contributed by atoms with Gasteiger partial charge < -0.3 is 9.67 Å². The van der Waals surface area contributed by atoms with Crippen LogP contribution < -0.4 is 0 Å². The van der Waals surface area contributed by atoms with Crippen molar-refractivity contribution in [2.45, 2.75) is 43.7 Å². The monoisotopic (exact) mass is 296 g/mol. The summed E-state index contributed by atoms with van der Waals surface area (Å²) < 4.78 is 28.7. The molecule has 0 bridgehead atoms. The molecule has 5 nitrogen and oxygen atoms in total. The number of hydrogen-bond donors (Lipinski definition) is 1. The van der Waals surface area contributed by atoms with Crippen molar-refractivity contribution in [3.05, 3.63) is 29.6 Å². The van der Waals surface area contributed by atoms with E-state index in [0.29, 0.717) is 29.7 Å². The van der Waals surface area contributed by atoms with Crippen LogP contribution in [0.15, 0.2) is 28.8 Å². The first kappa shape index (κ1) is 13.9. The lowest BCUT2D eigenvalue weighted by Gasteiger charge is -2.24. The van der Waals surface area contributed by atoms with Crippen LogP contribution in [0.5, 0.6) is 0 Å². The smallest absolute Gasteiger partial charge is 0.244 e. The van der Waals surface area contributed by atoms with Crippen LogP contribution in [0.3, 0.4) is 0 Å². The van der Waals surface area contributed by atoms with Gasteiger partial charge in [-0.3, -0.25) is 0 Å². The molecule has 1 aromatic heterocycles. The summed E-state index contributed by atoms with van der Waals surface area (Å²) in [7, 11) is -3.45. The predicted molar refractivity (Wildman–Crippen MR) is 75.8 cm³/mol. The number of sulfonamides is 1. The maximum Gasteiger partial charge on any atom is 0.244 e. The number of rotatable bonds is 4. The highest BCUT2D eigenvalue weighted by Gasteiger charge is 2.31. The van der Waals surface area contributed by atoms with E-state index in [9.17, 15) is 13.5 Å². The molecule has 20 heavy (non-hydrogen) atoms. The Hall–Kier alpha value is -1.11. The van der Waals surface area contributed by atoms with Crippen molar-refractivity contribution in [2.75, 3.05) is 13.1 Å². The molecule has 0 unspecified atom stereocenters. The van der Waals surface area contributed by atoms with E-state index in [1.54, 1.807) is 12.3 Å². The summed E-state index contributed by atoms with van der Waals surface area (Å²) in [4.78, 5) is 0.307. The van der Waals surface area contributed by atoms with Gasteiger partial charge in [0.1, 0.15) is 4.90 Å². The molecule has 2 heterocycles. The molecular formula is C14H20N2O3S. The van der Waals surface area contributed by atoms with Gasteiger partial charge in [-0.15, -0.1) is 0 Å². The molecule has 1 fully saturated rings. The highest BCUT2D eigenvalue weighted by molar-refractivity contribution is 7.89. The third-order valence-electron chi connectivity index (χ3n) is 4.05. The zero-order valence-electron chi connectivity index (χ0n) is 11.6. The van der Waals surface area contributed by atoms with Gasteiger partial charge >= 0.3 is 0 Å². The minimum atomic E-state index is -3.45. The molecule has 110 valence electrons. The van der Waals surface area contributed by atoms with Crippen molar-refractivity contribution in [3.8, 4) is 0 Å². The zero-order valence-corrected chi connectivity index (χ0v) is 12.4. The molecule has 3 rings (SSSR count). The van der Waals surface area contributed by atoms with Crippen LogP contribution in [0.25, 0.3) is 0 Å². The third-order valence-corrected chi connectivity index (χ3v) is 5.88. The Labute approximate surface area is 119 Å². The van der Waals surface area contributed by atoms with E-state index in [1.807, 2.05) is 17.6 Å². The van der Waals surface area contributed by atoms with Crippen LogP contribution in [-0.2, 0) is 16.6 Å². The fourth-order valence-electron chi connectivity index (χ4n) is 2.58. The summed E-state index contributed by atoms with van der Waals surface area (Å²) in [5.74, 6) is 0. The quantitative estimate of drug-likeness (QED) is 0.860. The van der Waals surface area contributed by atoms with Gasteiger partial charge in [0.2, 0.25) is 10.0 Å². The fourth-order valence-corrected chi connectivity index (χ4v) is 4.01. The number of aromatic nitrogens is 1.